The SMILES string of the molecule is O=C(CCCO)Nc1cc(C(=O)O)ccc1F. The lowest BCUT2D eigenvalue weighted by atomic mass is 10.2. The summed E-state index contributed by atoms with van der Waals surface area (Å²) in [6.07, 6.45) is 0.319. The number of rotatable bonds is 5. The van der Waals surface area contributed by atoms with Crippen LogP contribution in [0.4, 0.5) is 10.1 Å². The lowest BCUT2D eigenvalue weighted by Gasteiger charge is -2.06. The van der Waals surface area contributed by atoms with Gasteiger partial charge in [-0.3, -0.25) is 4.79 Å². The van der Waals surface area contributed by atoms with Crippen LogP contribution in [0, 0.1) is 5.82 Å². The highest BCUT2D eigenvalue weighted by Gasteiger charge is 2.10. The lowest BCUT2D eigenvalue weighted by molar-refractivity contribution is -0.116. The van der Waals surface area contributed by atoms with Crippen molar-refractivity contribution in [1.29, 1.82) is 0 Å². The first-order valence-electron chi connectivity index (χ1n) is 4.98. The molecule has 3 N–H and O–H groups in total. The number of carboxylic acid groups (broad SMARTS) is 1. The van der Waals surface area contributed by atoms with E-state index in [0.29, 0.717) is 0 Å². The van der Waals surface area contributed by atoms with Gasteiger partial charge in [-0.15, -0.1) is 0 Å². The smallest absolute Gasteiger partial charge is 0.335 e. The van der Waals surface area contributed by atoms with E-state index >= 15 is 0 Å². The molecule has 0 saturated carbocycles. The molecular formula is C11H12FNO4. The Kier molecular flexibility index (Phi) is 4.59. The summed E-state index contributed by atoms with van der Waals surface area (Å²) in [7, 11) is 0. The first-order chi connectivity index (χ1) is 8.04. The number of carbonyl (C=O) groups excluding carboxylic acids is 1. The van der Waals surface area contributed by atoms with Gasteiger partial charge >= 0.3 is 5.97 Å². The Morgan fingerprint density at radius 1 is 1.35 bits per heavy atom. The molecule has 0 unspecified atom stereocenters. The molecule has 0 atom stereocenters. The highest BCUT2D eigenvalue weighted by atomic mass is 19.1. The van der Waals surface area contributed by atoms with E-state index in [0.717, 1.165) is 18.2 Å². The van der Waals surface area contributed by atoms with Crippen LogP contribution in [0.25, 0.3) is 0 Å². The van der Waals surface area contributed by atoms with Crippen LogP contribution in [-0.4, -0.2) is 28.7 Å². The average molecular weight is 241 g/mol. The molecule has 0 aromatic heterocycles. The van der Waals surface area contributed by atoms with Crippen LogP contribution in [0.1, 0.15) is 23.2 Å². The Morgan fingerprint density at radius 2 is 2.06 bits per heavy atom. The van der Waals surface area contributed by atoms with E-state index in [2.05, 4.69) is 5.32 Å². The quantitative estimate of drug-likeness (QED) is 0.723. The Labute approximate surface area is 96.9 Å². The van der Waals surface area contributed by atoms with Gasteiger partial charge in [0.2, 0.25) is 5.91 Å². The van der Waals surface area contributed by atoms with E-state index in [1.165, 1.54) is 0 Å². The van der Waals surface area contributed by atoms with E-state index in [1.54, 1.807) is 0 Å². The van der Waals surface area contributed by atoms with Crippen molar-refractivity contribution in [1.82, 2.24) is 0 Å². The average Bonchev–Trinajstić information content (AvgIpc) is 2.29. The third-order valence-corrected chi connectivity index (χ3v) is 2.05. The van der Waals surface area contributed by atoms with Crippen molar-refractivity contribution < 1.29 is 24.2 Å². The van der Waals surface area contributed by atoms with Crippen molar-refractivity contribution in [3.05, 3.63) is 29.6 Å². The minimum atomic E-state index is -1.20. The highest BCUT2D eigenvalue weighted by molar-refractivity contribution is 5.94. The maximum Gasteiger partial charge on any atom is 0.335 e. The third kappa shape index (κ3) is 3.84. The Morgan fingerprint density at radius 3 is 2.65 bits per heavy atom. The third-order valence-electron chi connectivity index (χ3n) is 2.05. The minimum absolute atomic E-state index is 0.0488. The van der Waals surface area contributed by atoms with E-state index in [9.17, 15) is 14.0 Å². The highest BCUT2D eigenvalue weighted by Crippen LogP contribution is 2.16. The predicted octanol–water partition coefficient (Wildman–Crippen LogP) is 1.23. The molecule has 0 saturated heterocycles. The molecule has 0 aliphatic heterocycles. The van der Waals surface area contributed by atoms with Gasteiger partial charge in [0.25, 0.3) is 0 Å². The van der Waals surface area contributed by atoms with Crippen molar-refractivity contribution in [3.8, 4) is 0 Å². The zero-order valence-electron chi connectivity index (χ0n) is 8.94. The molecule has 0 fully saturated rings. The van der Waals surface area contributed by atoms with Gasteiger partial charge in [-0.25, -0.2) is 9.18 Å². The summed E-state index contributed by atoms with van der Waals surface area (Å²) in [6, 6.07) is 3.14. The molecule has 0 bridgehead atoms. The van der Waals surface area contributed by atoms with Gasteiger partial charge in [-0.2, -0.15) is 0 Å². The monoisotopic (exact) mass is 241 g/mol. The number of aliphatic hydroxyl groups excluding tert-OH is 1. The molecule has 17 heavy (non-hydrogen) atoms. The lowest BCUT2D eigenvalue weighted by Crippen LogP contribution is -2.13. The minimum Gasteiger partial charge on any atom is -0.478 e. The predicted molar refractivity (Wildman–Crippen MR) is 58.3 cm³/mol. The summed E-state index contributed by atoms with van der Waals surface area (Å²) in [5.41, 5.74) is -0.281. The number of hydrogen-bond donors (Lipinski definition) is 3. The Bertz CT molecular complexity index is 433. The van der Waals surface area contributed by atoms with Gasteiger partial charge in [-0.1, -0.05) is 0 Å². The van der Waals surface area contributed by atoms with Crippen LogP contribution in [0.15, 0.2) is 18.2 Å². The second kappa shape index (κ2) is 5.95. The number of halogens is 1. The van der Waals surface area contributed by atoms with Gasteiger partial charge in [0.05, 0.1) is 11.3 Å². The summed E-state index contributed by atoms with van der Waals surface area (Å²) in [4.78, 5) is 21.9. The number of aromatic carboxylic acids is 1. The number of hydrogen-bond acceptors (Lipinski definition) is 3. The topological polar surface area (TPSA) is 86.6 Å². The number of amides is 1. The van der Waals surface area contributed by atoms with Crippen LogP contribution in [0.5, 0.6) is 0 Å². The zero-order chi connectivity index (χ0) is 12.8. The van der Waals surface area contributed by atoms with E-state index in [1.807, 2.05) is 0 Å². The summed E-state index contributed by atoms with van der Waals surface area (Å²) >= 11 is 0. The van der Waals surface area contributed by atoms with Gasteiger partial charge < -0.3 is 15.5 Å². The van der Waals surface area contributed by atoms with Gasteiger partial charge in [0, 0.05) is 13.0 Å². The number of benzene rings is 1. The summed E-state index contributed by atoms with van der Waals surface area (Å²) < 4.78 is 13.3. The van der Waals surface area contributed by atoms with Crippen LogP contribution >= 0.6 is 0 Å². The van der Waals surface area contributed by atoms with E-state index in [4.69, 9.17) is 10.2 Å². The second-order valence-corrected chi connectivity index (χ2v) is 3.38. The fourth-order valence-corrected chi connectivity index (χ4v) is 1.21. The van der Waals surface area contributed by atoms with Crippen LogP contribution < -0.4 is 5.32 Å². The first-order valence-corrected chi connectivity index (χ1v) is 4.98. The molecule has 92 valence electrons. The second-order valence-electron chi connectivity index (χ2n) is 3.38. The van der Waals surface area contributed by atoms with Crippen LogP contribution in [0.2, 0.25) is 0 Å². The maximum atomic E-state index is 13.3. The number of aliphatic hydroxyl groups is 1. The molecule has 0 spiro atoms. The van der Waals surface area contributed by atoms with E-state index < -0.39 is 17.7 Å². The number of carbonyl (C=O) groups is 2. The van der Waals surface area contributed by atoms with Crippen molar-refractivity contribution in [2.24, 2.45) is 0 Å². The standard InChI is InChI=1S/C11H12FNO4/c12-8-4-3-7(11(16)17)6-9(8)13-10(15)2-1-5-14/h3-4,6,14H,1-2,5H2,(H,13,15)(H,16,17). The largest absolute Gasteiger partial charge is 0.478 e. The number of nitrogens with one attached hydrogen (secondary N) is 1. The number of carboxylic acids is 1. The molecular weight excluding hydrogens is 229 g/mol. The van der Waals surface area contributed by atoms with Crippen LogP contribution in [0.3, 0.4) is 0 Å². The molecule has 1 aromatic rings. The van der Waals surface area contributed by atoms with E-state index in [-0.39, 0.29) is 30.7 Å². The van der Waals surface area contributed by atoms with Gasteiger partial charge in [-0.05, 0) is 24.6 Å². The van der Waals surface area contributed by atoms with Gasteiger partial charge in [0.15, 0.2) is 0 Å². The molecule has 6 heteroatoms. The molecule has 0 radical (unpaired) electrons. The number of anilines is 1. The zero-order valence-corrected chi connectivity index (χ0v) is 8.94. The Balaban J connectivity index is 2.79. The Hall–Kier alpha value is -1.95. The first kappa shape index (κ1) is 13.1. The summed E-state index contributed by atoms with van der Waals surface area (Å²) in [6.45, 7) is -0.134. The molecule has 1 amide bonds. The molecule has 0 aliphatic rings. The molecule has 0 heterocycles. The molecule has 1 rings (SSSR count). The molecule has 1 aromatic carbocycles. The maximum absolute atomic E-state index is 13.3. The van der Waals surface area contributed by atoms with Crippen molar-refractivity contribution >= 4 is 17.6 Å². The summed E-state index contributed by atoms with van der Waals surface area (Å²) in [5.74, 6) is -2.37. The fourth-order valence-electron chi connectivity index (χ4n) is 1.21. The van der Waals surface area contributed by atoms with Crippen molar-refractivity contribution in [2.75, 3.05) is 11.9 Å². The molecule has 0 aliphatic carbocycles. The van der Waals surface area contributed by atoms with Crippen LogP contribution in [-0.2, 0) is 4.79 Å². The normalized spacial score (nSPS) is 10.0. The van der Waals surface area contributed by atoms with Crippen molar-refractivity contribution in [3.63, 3.8) is 0 Å². The summed E-state index contributed by atoms with van der Waals surface area (Å²) in [5, 5.41) is 19.5. The fraction of sp³-hybridized carbons (Fsp3) is 0.273. The molecule has 5 nitrogen and oxygen atoms in total. The van der Waals surface area contributed by atoms with Gasteiger partial charge in [0.1, 0.15) is 5.82 Å². The van der Waals surface area contributed by atoms with Crippen molar-refractivity contribution in [2.45, 2.75) is 12.8 Å².